The molecule has 0 saturated carbocycles. The number of carbonyl (C=O) groups excluding carboxylic acids is 2. The SMILES string of the molecule is COc1cc2c(cc1OCCC(C)=O)N=CC=CC2Oc1ccc(NC(=O)NC(C)C)c(Cl)c1. The van der Waals surface area contributed by atoms with E-state index >= 15 is 0 Å². The number of hydrogen-bond donors (Lipinski definition) is 2. The average molecular weight is 486 g/mol. The normalized spacial score (nSPS) is 14.2. The number of hydrogen-bond acceptors (Lipinski definition) is 6. The predicted octanol–water partition coefficient (Wildman–Crippen LogP) is 5.63. The van der Waals surface area contributed by atoms with Crippen LogP contribution < -0.4 is 24.8 Å². The Morgan fingerprint density at radius 3 is 2.65 bits per heavy atom. The van der Waals surface area contributed by atoms with Crippen LogP contribution in [-0.2, 0) is 4.79 Å². The molecule has 180 valence electrons. The van der Waals surface area contributed by atoms with Gasteiger partial charge in [-0.2, -0.15) is 0 Å². The molecular formula is C25H28ClN3O5. The molecule has 1 aliphatic heterocycles. The largest absolute Gasteiger partial charge is 0.493 e. The number of carbonyl (C=O) groups is 2. The van der Waals surface area contributed by atoms with Gasteiger partial charge in [0.05, 0.1) is 30.1 Å². The maximum Gasteiger partial charge on any atom is 0.319 e. The molecule has 0 aliphatic carbocycles. The van der Waals surface area contributed by atoms with E-state index in [0.29, 0.717) is 40.1 Å². The molecule has 2 N–H and O–H groups in total. The molecule has 34 heavy (non-hydrogen) atoms. The number of fused-ring (bicyclic) bond motifs is 1. The number of methoxy groups -OCH3 is 1. The number of Topliss-reactive ketones (excluding diaryl/α,β-unsaturated/α-hetero) is 1. The highest BCUT2D eigenvalue weighted by Gasteiger charge is 2.21. The van der Waals surface area contributed by atoms with Crippen LogP contribution in [0.3, 0.4) is 0 Å². The van der Waals surface area contributed by atoms with E-state index in [1.807, 2.05) is 26.0 Å². The lowest BCUT2D eigenvalue weighted by Crippen LogP contribution is -2.34. The summed E-state index contributed by atoms with van der Waals surface area (Å²) in [5.74, 6) is 1.57. The summed E-state index contributed by atoms with van der Waals surface area (Å²) in [5.41, 5.74) is 1.90. The second-order valence-electron chi connectivity index (χ2n) is 7.96. The fourth-order valence-electron chi connectivity index (χ4n) is 3.20. The minimum Gasteiger partial charge on any atom is -0.493 e. The van der Waals surface area contributed by atoms with Crippen LogP contribution in [0.4, 0.5) is 16.2 Å². The van der Waals surface area contributed by atoms with Crippen LogP contribution in [0.25, 0.3) is 0 Å². The van der Waals surface area contributed by atoms with E-state index in [0.717, 1.165) is 5.56 Å². The van der Waals surface area contributed by atoms with Crippen molar-refractivity contribution in [2.75, 3.05) is 19.0 Å². The third kappa shape index (κ3) is 6.74. The number of nitrogens with zero attached hydrogens (tertiary/aromatic N) is 1. The van der Waals surface area contributed by atoms with Crippen molar-refractivity contribution < 1.29 is 23.8 Å². The van der Waals surface area contributed by atoms with Crippen LogP contribution in [-0.4, -0.2) is 37.8 Å². The molecule has 0 bridgehead atoms. The number of rotatable bonds is 9. The monoisotopic (exact) mass is 485 g/mol. The highest BCUT2D eigenvalue weighted by molar-refractivity contribution is 6.33. The fraction of sp³-hybridized carbons (Fsp3) is 0.320. The highest BCUT2D eigenvalue weighted by Crippen LogP contribution is 2.41. The van der Waals surface area contributed by atoms with Gasteiger partial charge in [0.1, 0.15) is 17.6 Å². The topological polar surface area (TPSA) is 98.2 Å². The number of halogens is 1. The number of nitrogens with one attached hydrogen (secondary N) is 2. The summed E-state index contributed by atoms with van der Waals surface area (Å²) < 4.78 is 17.4. The number of urea groups is 1. The van der Waals surface area contributed by atoms with Gasteiger partial charge >= 0.3 is 6.03 Å². The average Bonchev–Trinajstić information content (AvgIpc) is 2.96. The molecule has 1 unspecified atom stereocenters. The zero-order chi connectivity index (χ0) is 24.7. The van der Waals surface area contributed by atoms with Gasteiger partial charge < -0.3 is 24.8 Å². The van der Waals surface area contributed by atoms with Crippen molar-refractivity contribution in [2.24, 2.45) is 4.99 Å². The van der Waals surface area contributed by atoms with Gasteiger partial charge in [-0.25, -0.2) is 4.79 Å². The minimum absolute atomic E-state index is 0.00253. The molecule has 8 nitrogen and oxygen atoms in total. The molecule has 0 spiro atoms. The number of amides is 2. The molecule has 9 heteroatoms. The lowest BCUT2D eigenvalue weighted by molar-refractivity contribution is -0.117. The predicted molar refractivity (Wildman–Crippen MR) is 133 cm³/mol. The molecule has 0 fully saturated rings. The summed E-state index contributed by atoms with van der Waals surface area (Å²) in [6.07, 6.45) is 5.16. The van der Waals surface area contributed by atoms with Gasteiger partial charge in [-0.3, -0.25) is 9.79 Å². The summed E-state index contributed by atoms with van der Waals surface area (Å²) >= 11 is 6.37. The Hall–Kier alpha value is -3.52. The fourth-order valence-corrected chi connectivity index (χ4v) is 3.42. The van der Waals surface area contributed by atoms with Crippen molar-refractivity contribution in [3.05, 3.63) is 53.1 Å². The smallest absolute Gasteiger partial charge is 0.319 e. The molecule has 0 radical (unpaired) electrons. The van der Waals surface area contributed by atoms with E-state index in [9.17, 15) is 9.59 Å². The summed E-state index contributed by atoms with van der Waals surface area (Å²) in [6, 6.07) is 8.29. The molecule has 0 aromatic heterocycles. The number of ketones is 1. The summed E-state index contributed by atoms with van der Waals surface area (Å²) in [7, 11) is 1.55. The Kier molecular flexibility index (Phi) is 8.54. The van der Waals surface area contributed by atoms with E-state index in [-0.39, 0.29) is 24.5 Å². The third-order valence-corrected chi connectivity index (χ3v) is 5.10. The van der Waals surface area contributed by atoms with Crippen molar-refractivity contribution in [1.82, 2.24) is 5.32 Å². The van der Waals surface area contributed by atoms with Gasteiger partial charge in [-0.15, -0.1) is 0 Å². The van der Waals surface area contributed by atoms with E-state index in [1.165, 1.54) is 6.92 Å². The van der Waals surface area contributed by atoms with Crippen molar-refractivity contribution >= 4 is 41.0 Å². The van der Waals surface area contributed by atoms with Crippen LogP contribution in [0.15, 0.2) is 47.5 Å². The zero-order valence-corrected chi connectivity index (χ0v) is 20.3. The second-order valence-corrected chi connectivity index (χ2v) is 8.37. The third-order valence-electron chi connectivity index (χ3n) is 4.79. The Bertz CT molecular complexity index is 1110. The summed E-state index contributed by atoms with van der Waals surface area (Å²) in [6.45, 7) is 5.51. The first-order valence-corrected chi connectivity index (χ1v) is 11.2. The van der Waals surface area contributed by atoms with Crippen LogP contribution >= 0.6 is 11.6 Å². The second kappa shape index (κ2) is 11.6. The first kappa shape index (κ1) is 25.1. The number of allylic oxidation sites excluding steroid dienone is 1. The lowest BCUT2D eigenvalue weighted by Gasteiger charge is -2.20. The molecule has 1 heterocycles. The lowest BCUT2D eigenvalue weighted by atomic mass is 10.1. The van der Waals surface area contributed by atoms with Crippen molar-refractivity contribution in [3.63, 3.8) is 0 Å². The Morgan fingerprint density at radius 2 is 1.97 bits per heavy atom. The van der Waals surface area contributed by atoms with Gasteiger partial charge in [0.2, 0.25) is 0 Å². The minimum atomic E-state index is -0.475. The Labute approximate surface area is 203 Å². The molecule has 3 rings (SSSR count). The maximum atomic E-state index is 12.0. The zero-order valence-electron chi connectivity index (χ0n) is 19.6. The molecule has 2 aromatic rings. The van der Waals surface area contributed by atoms with Crippen LogP contribution in [0.5, 0.6) is 17.2 Å². The molecule has 1 atom stereocenters. The molecule has 0 saturated heterocycles. The maximum absolute atomic E-state index is 12.0. The standard InChI is InChI=1S/C25H28ClN3O5/c1-15(2)28-25(31)29-20-8-7-17(12-19(20)26)34-22-6-5-10-27-21-14-24(33-11-9-16(3)30)23(32-4)13-18(21)22/h5-8,10,12-15,22H,9,11H2,1-4H3,(H2,28,29,31). The quantitative estimate of drug-likeness (QED) is 0.479. The van der Waals surface area contributed by atoms with Crippen molar-refractivity contribution in [2.45, 2.75) is 39.3 Å². The van der Waals surface area contributed by atoms with Crippen molar-refractivity contribution in [3.8, 4) is 17.2 Å². The number of aliphatic imine (C=N–C) groups is 1. The molecule has 1 aliphatic rings. The number of anilines is 1. The first-order valence-electron chi connectivity index (χ1n) is 10.9. The van der Waals surface area contributed by atoms with Gasteiger partial charge in [0, 0.05) is 36.4 Å². The highest BCUT2D eigenvalue weighted by atomic mass is 35.5. The van der Waals surface area contributed by atoms with Gasteiger partial charge in [0.25, 0.3) is 0 Å². The molecule has 2 aromatic carbocycles. The first-order chi connectivity index (χ1) is 16.3. The van der Waals surface area contributed by atoms with Gasteiger partial charge in [0.15, 0.2) is 11.5 Å². The summed E-state index contributed by atoms with van der Waals surface area (Å²) in [5, 5.41) is 5.81. The van der Waals surface area contributed by atoms with Gasteiger partial charge in [-0.05, 0) is 51.1 Å². The number of benzene rings is 2. The Morgan fingerprint density at radius 1 is 1.18 bits per heavy atom. The van der Waals surface area contributed by atoms with Crippen LogP contribution in [0.2, 0.25) is 5.02 Å². The van der Waals surface area contributed by atoms with Crippen LogP contribution in [0.1, 0.15) is 38.9 Å². The van der Waals surface area contributed by atoms with Crippen LogP contribution in [0, 0.1) is 0 Å². The number of ether oxygens (including phenoxy) is 3. The summed E-state index contributed by atoms with van der Waals surface area (Å²) in [4.78, 5) is 27.7. The van der Waals surface area contributed by atoms with Gasteiger partial charge in [-0.1, -0.05) is 11.6 Å². The van der Waals surface area contributed by atoms with E-state index < -0.39 is 6.10 Å². The molecular weight excluding hydrogens is 458 g/mol. The van der Waals surface area contributed by atoms with E-state index in [1.54, 1.807) is 43.7 Å². The Balaban J connectivity index is 1.81. The molecule has 2 amide bonds. The van der Waals surface area contributed by atoms with Crippen molar-refractivity contribution in [1.29, 1.82) is 0 Å². The van der Waals surface area contributed by atoms with E-state index in [2.05, 4.69) is 15.6 Å². The van der Waals surface area contributed by atoms with E-state index in [4.69, 9.17) is 25.8 Å².